The number of carbonyl (C=O) groups excluding carboxylic acids is 1. The molecule has 4 aromatic rings. The summed E-state index contributed by atoms with van der Waals surface area (Å²) in [6.45, 7) is 1.94. The molecular formula is C23H18O6. The molecule has 0 radical (unpaired) electrons. The van der Waals surface area contributed by atoms with Crippen LogP contribution in [0.3, 0.4) is 0 Å². The maximum absolute atomic E-state index is 12.0. The number of methoxy groups -OCH3 is 1. The van der Waals surface area contributed by atoms with E-state index in [0.717, 1.165) is 22.1 Å². The number of fused-ring (bicyclic) bond motifs is 1. The van der Waals surface area contributed by atoms with Crippen LogP contribution in [-0.4, -0.2) is 13.1 Å². The molecular weight excluding hydrogens is 372 g/mol. The topological polar surface area (TPSA) is 78.9 Å². The first-order valence-electron chi connectivity index (χ1n) is 8.99. The Labute approximate surface area is 166 Å². The first-order valence-corrected chi connectivity index (χ1v) is 8.99. The molecule has 0 saturated heterocycles. The Morgan fingerprint density at radius 1 is 1.00 bits per heavy atom. The van der Waals surface area contributed by atoms with Crippen LogP contribution in [0.15, 0.2) is 74.3 Å². The van der Waals surface area contributed by atoms with Crippen molar-refractivity contribution in [3.8, 4) is 16.9 Å². The van der Waals surface area contributed by atoms with Crippen molar-refractivity contribution in [1.29, 1.82) is 0 Å². The van der Waals surface area contributed by atoms with Gasteiger partial charge >= 0.3 is 11.6 Å². The number of furan rings is 1. The van der Waals surface area contributed by atoms with Crippen LogP contribution < -0.4 is 10.4 Å². The highest BCUT2D eigenvalue weighted by molar-refractivity contribution is 5.93. The van der Waals surface area contributed by atoms with Crippen LogP contribution in [0.4, 0.5) is 0 Å². The number of hydrogen-bond acceptors (Lipinski definition) is 6. The van der Waals surface area contributed by atoms with Crippen molar-refractivity contribution in [2.75, 3.05) is 7.11 Å². The van der Waals surface area contributed by atoms with Gasteiger partial charge in [0.15, 0.2) is 0 Å². The minimum atomic E-state index is -0.541. The molecule has 0 spiro atoms. The lowest BCUT2D eigenvalue weighted by molar-refractivity contribution is 0.0563. The van der Waals surface area contributed by atoms with Crippen molar-refractivity contribution in [2.45, 2.75) is 13.5 Å². The van der Waals surface area contributed by atoms with Crippen LogP contribution >= 0.6 is 0 Å². The first kappa shape index (κ1) is 18.6. The molecule has 2 heterocycles. The summed E-state index contributed by atoms with van der Waals surface area (Å²) in [6, 6.07) is 18.1. The summed E-state index contributed by atoms with van der Waals surface area (Å²) in [5, 5.41) is 0.815. The van der Waals surface area contributed by atoms with Gasteiger partial charge < -0.3 is 18.3 Å². The largest absolute Gasteiger partial charge is 0.489 e. The quantitative estimate of drug-likeness (QED) is 0.362. The van der Waals surface area contributed by atoms with Gasteiger partial charge in [-0.25, -0.2) is 9.59 Å². The highest BCUT2D eigenvalue weighted by Crippen LogP contribution is 2.30. The Morgan fingerprint density at radius 3 is 2.55 bits per heavy atom. The maximum atomic E-state index is 12.0. The van der Waals surface area contributed by atoms with Crippen LogP contribution in [-0.2, 0) is 11.3 Å². The van der Waals surface area contributed by atoms with Gasteiger partial charge in [-0.15, -0.1) is 0 Å². The van der Waals surface area contributed by atoms with Gasteiger partial charge in [-0.3, -0.25) is 0 Å². The average molecular weight is 390 g/mol. The molecule has 0 saturated carbocycles. The number of carbonyl (C=O) groups is 1. The normalized spacial score (nSPS) is 10.8. The Kier molecular flexibility index (Phi) is 4.91. The van der Waals surface area contributed by atoms with Crippen LogP contribution in [0.5, 0.6) is 5.75 Å². The van der Waals surface area contributed by atoms with Gasteiger partial charge in [0, 0.05) is 23.1 Å². The summed E-state index contributed by atoms with van der Waals surface area (Å²) >= 11 is 0. The van der Waals surface area contributed by atoms with Crippen molar-refractivity contribution < 1.29 is 23.1 Å². The summed E-state index contributed by atoms with van der Waals surface area (Å²) in [4.78, 5) is 23.6. The second kappa shape index (κ2) is 7.67. The zero-order valence-electron chi connectivity index (χ0n) is 15.9. The molecule has 0 aliphatic carbocycles. The van der Waals surface area contributed by atoms with E-state index in [1.165, 1.54) is 13.2 Å². The molecule has 2 aromatic heterocycles. The van der Waals surface area contributed by atoms with E-state index < -0.39 is 11.6 Å². The van der Waals surface area contributed by atoms with Gasteiger partial charge in [0.1, 0.15) is 23.7 Å². The van der Waals surface area contributed by atoms with Crippen LogP contribution in [0.1, 0.15) is 21.9 Å². The van der Waals surface area contributed by atoms with Crippen molar-refractivity contribution in [3.63, 3.8) is 0 Å². The number of aryl methyl sites for hydroxylation is 1. The maximum Gasteiger partial charge on any atom is 0.373 e. The lowest BCUT2D eigenvalue weighted by Gasteiger charge is -2.09. The van der Waals surface area contributed by atoms with Crippen molar-refractivity contribution >= 4 is 16.9 Å². The van der Waals surface area contributed by atoms with E-state index in [-0.39, 0.29) is 12.4 Å². The van der Waals surface area contributed by atoms with E-state index in [9.17, 15) is 9.59 Å². The van der Waals surface area contributed by atoms with E-state index in [1.807, 2.05) is 42.5 Å². The molecule has 0 N–H and O–H groups in total. The van der Waals surface area contributed by atoms with Gasteiger partial charge in [-0.05, 0) is 36.2 Å². The van der Waals surface area contributed by atoms with E-state index in [4.69, 9.17) is 13.6 Å². The smallest absolute Gasteiger partial charge is 0.373 e. The lowest BCUT2D eigenvalue weighted by atomic mass is 10.0. The predicted molar refractivity (Wildman–Crippen MR) is 107 cm³/mol. The molecule has 6 heteroatoms. The minimum Gasteiger partial charge on any atom is -0.489 e. The zero-order chi connectivity index (χ0) is 20.4. The monoisotopic (exact) mass is 390 g/mol. The zero-order valence-corrected chi connectivity index (χ0v) is 15.9. The molecule has 0 aliphatic heterocycles. The number of rotatable bonds is 5. The minimum absolute atomic E-state index is 0.126. The van der Waals surface area contributed by atoms with Gasteiger partial charge in [0.2, 0.25) is 5.76 Å². The fraction of sp³-hybridized carbons (Fsp3) is 0.130. The van der Waals surface area contributed by atoms with E-state index in [1.54, 1.807) is 19.1 Å². The summed E-state index contributed by atoms with van der Waals surface area (Å²) < 4.78 is 21.2. The molecule has 146 valence electrons. The van der Waals surface area contributed by atoms with Crippen molar-refractivity contribution in [3.05, 3.63) is 88.2 Å². The predicted octanol–water partition coefficient (Wildman–Crippen LogP) is 4.73. The number of ether oxygens (including phenoxy) is 2. The summed E-state index contributed by atoms with van der Waals surface area (Å²) in [5.41, 5.74) is 2.47. The van der Waals surface area contributed by atoms with Crippen LogP contribution in [0.2, 0.25) is 0 Å². The van der Waals surface area contributed by atoms with Gasteiger partial charge in [-0.2, -0.15) is 0 Å². The van der Waals surface area contributed by atoms with E-state index >= 15 is 0 Å². The Bertz CT molecular complexity index is 1230. The van der Waals surface area contributed by atoms with Crippen molar-refractivity contribution in [1.82, 2.24) is 0 Å². The Balaban J connectivity index is 1.63. The molecule has 2 aromatic carbocycles. The third-order valence-electron chi connectivity index (χ3n) is 4.60. The first-order chi connectivity index (χ1) is 14.0. The number of hydrogen-bond donors (Lipinski definition) is 0. The second-order valence-corrected chi connectivity index (χ2v) is 6.48. The Hall–Kier alpha value is -3.80. The highest BCUT2D eigenvalue weighted by Gasteiger charge is 2.15. The lowest BCUT2D eigenvalue weighted by Crippen LogP contribution is -2.00. The number of esters is 1. The van der Waals surface area contributed by atoms with Crippen LogP contribution in [0.25, 0.3) is 22.1 Å². The third kappa shape index (κ3) is 3.78. The van der Waals surface area contributed by atoms with Gasteiger partial charge in [-0.1, -0.05) is 30.3 Å². The SMILES string of the molecule is COC(=O)c1cc(COc2ccc3c(-c4ccccc4)cc(=O)oc3c2)c(C)o1. The standard InChI is InChI=1S/C23H18O6/c1-14-16(10-21(28-14)23(25)26-2)13-27-17-8-9-18-19(15-6-4-3-5-7-15)12-22(24)29-20(18)11-17/h3-12H,13H2,1-2H3. The molecule has 0 bridgehead atoms. The average Bonchev–Trinajstić information content (AvgIpc) is 3.12. The van der Waals surface area contributed by atoms with Crippen LogP contribution in [0, 0.1) is 6.92 Å². The van der Waals surface area contributed by atoms with Gasteiger partial charge in [0.05, 0.1) is 7.11 Å². The third-order valence-corrected chi connectivity index (χ3v) is 4.60. The molecule has 29 heavy (non-hydrogen) atoms. The number of benzene rings is 2. The molecule has 6 nitrogen and oxygen atoms in total. The molecule has 4 rings (SSSR count). The highest BCUT2D eigenvalue weighted by atomic mass is 16.5. The molecule has 0 aliphatic rings. The summed E-state index contributed by atoms with van der Waals surface area (Å²) in [7, 11) is 1.29. The Morgan fingerprint density at radius 2 is 1.79 bits per heavy atom. The van der Waals surface area contributed by atoms with E-state index in [2.05, 4.69) is 4.74 Å². The molecule has 0 unspecified atom stereocenters. The van der Waals surface area contributed by atoms with Crippen molar-refractivity contribution in [2.24, 2.45) is 0 Å². The summed E-state index contributed by atoms with van der Waals surface area (Å²) in [6.07, 6.45) is 0. The summed E-state index contributed by atoms with van der Waals surface area (Å²) in [5.74, 6) is 0.691. The second-order valence-electron chi connectivity index (χ2n) is 6.48. The molecule has 0 fully saturated rings. The fourth-order valence-corrected chi connectivity index (χ4v) is 3.11. The van der Waals surface area contributed by atoms with Gasteiger partial charge in [0.25, 0.3) is 0 Å². The van der Waals surface area contributed by atoms with E-state index in [0.29, 0.717) is 17.1 Å². The fourth-order valence-electron chi connectivity index (χ4n) is 3.11. The molecule has 0 amide bonds. The molecule has 0 atom stereocenters.